The second-order valence-electron chi connectivity index (χ2n) is 3.09. The van der Waals surface area contributed by atoms with Gasteiger partial charge in [-0.15, -0.1) is 0 Å². The monoisotopic (exact) mass is 211 g/mol. The number of rotatable bonds is 3. The number of carbonyl (C=O) groups is 1. The summed E-state index contributed by atoms with van der Waals surface area (Å²) in [6, 6.07) is 9.01. The Morgan fingerprint density at radius 1 is 1.29 bits per heavy atom. The van der Waals surface area contributed by atoms with Gasteiger partial charge in [-0.1, -0.05) is 18.2 Å². The molecule has 0 aliphatic rings. The Labute approximate surface area is 86.2 Å². The zero-order valence-electron chi connectivity index (χ0n) is 8.27. The van der Waals surface area contributed by atoms with Crippen molar-refractivity contribution in [3.63, 3.8) is 0 Å². The molecule has 1 atom stereocenters. The lowest BCUT2D eigenvalue weighted by Crippen LogP contribution is -2.26. The van der Waals surface area contributed by atoms with Crippen molar-refractivity contribution in [3.8, 4) is 0 Å². The standard InChI is InChI=1S/C10H13NO2S/c1-11(2)10(12)8-14(13)9-6-4-3-5-7-9/h3-7H,8H2,1-2H3. The van der Waals surface area contributed by atoms with Crippen molar-refractivity contribution in [2.45, 2.75) is 4.90 Å². The third-order valence-electron chi connectivity index (χ3n) is 1.76. The Morgan fingerprint density at radius 3 is 2.36 bits per heavy atom. The first-order valence-electron chi connectivity index (χ1n) is 4.25. The van der Waals surface area contributed by atoms with E-state index in [9.17, 15) is 9.00 Å². The molecular formula is C10H13NO2S. The quantitative estimate of drug-likeness (QED) is 0.744. The summed E-state index contributed by atoms with van der Waals surface area (Å²) in [6.45, 7) is 0. The van der Waals surface area contributed by atoms with Gasteiger partial charge in [0.1, 0.15) is 5.75 Å². The fraction of sp³-hybridized carbons (Fsp3) is 0.300. The fourth-order valence-electron chi connectivity index (χ4n) is 0.897. The van der Waals surface area contributed by atoms with Gasteiger partial charge in [-0.05, 0) is 12.1 Å². The molecule has 0 heterocycles. The van der Waals surface area contributed by atoms with Crippen molar-refractivity contribution in [3.05, 3.63) is 30.3 Å². The average Bonchev–Trinajstić information content (AvgIpc) is 2.19. The van der Waals surface area contributed by atoms with Crippen molar-refractivity contribution in [2.24, 2.45) is 0 Å². The summed E-state index contributed by atoms with van der Waals surface area (Å²) in [5.74, 6) is -0.0658. The molecule has 3 nitrogen and oxygen atoms in total. The first-order chi connectivity index (χ1) is 6.61. The van der Waals surface area contributed by atoms with E-state index >= 15 is 0 Å². The van der Waals surface area contributed by atoms with Crippen molar-refractivity contribution >= 4 is 16.7 Å². The van der Waals surface area contributed by atoms with Crippen LogP contribution in [-0.4, -0.2) is 34.9 Å². The molecule has 1 rings (SSSR count). The van der Waals surface area contributed by atoms with Gasteiger partial charge in [-0.2, -0.15) is 0 Å². The minimum Gasteiger partial charge on any atom is -0.348 e. The van der Waals surface area contributed by atoms with E-state index in [2.05, 4.69) is 0 Å². The third kappa shape index (κ3) is 2.96. The molecule has 76 valence electrons. The van der Waals surface area contributed by atoms with Crippen LogP contribution < -0.4 is 0 Å². The maximum atomic E-state index is 11.6. The van der Waals surface area contributed by atoms with E-state index < -0.39 is 10.8 Å². The molecule has 0 fully saturated rings. The van der Waals surface area contributed by atoms with E-state index in [4.69, 9.17) is 0 Å². The lowest BCUT2D eigenvalue weighted by atomic mass is 10.4. The van der Waals surface area contributed by atoms with Gasteiger partial charge >= 0.3 is 0 Å². The molecule has 0 aliphatic carbocycles. The summed E-state index contributed by atoms with van der Waals surface area (Å²) in [5, 5.41) is 0. The molecule has 1 aromatic rings. The molecule has 1 unspecified atom stereocenters. The Morgan fingerprint density at radius 2 is 1.86 bits per heavy atom. The van der Waals surface area contributed by atoms with E-state index in [1.54, 1.807) is 26.2 Å². The Hall–Kier alpha value is -1.16. The van der Waals surface area contributed by atoms with Crippen LogP contribution in [-0.2, 0) is 15.6 Å². The lowest BCUT2D eigenvalue weighted by Gasteiger charge is -2.09. The van der Waals surface area contributed by atoms with Crippen molar-refractivity contribution < 1.29 is 9.00 Å². The van der Waals surface area contributed by atoms with Gasteiger partial charge in [-0.3, -0.25) is 9.00 Å². The van der Waals surface area contributed by atoms with Gasteiger partial charge in [-0.25, -0.2) is 0 Å². The number of hydrogen-bond acceptors (Lipinski definition) is 2. The molecule has 14 heavy (non-hydrogen) atoms. The van der Waals surface area contributed by atoms with Crippen LogP contribution in [0.5, 0.6) is 0 Å². The summed E-state index contributed by atoms with van der Waals surface area (Å²) in [4.78, 5) is 13.4. The summed E-state index contributed by atoms with van der Waals surface area (Å²) < 4.78 is 11.6. The average molecular weight is 211 g/mol. The number of amides is 1. The summed E-state index contributed by atoms with van der Waals surface area (Å²) in [7, 11) is 2.09. The topological polar surface area (TPSA) is 37.4 Å². The number of hydrogen-bond donors (Lipinski definition) is 0. The summed E-state index contributed by atoms with van der Waals surface area (Å²) in [6.07, 6.45) is 0. The van der Waals surface area contributed by atoms with Crippen LogP contribution in [0.25, 0.3) is 0 Å². The molecule has 0 saturated carbocycles. The van der Waals surface area contributed by atoms with Crippen LogP contribution >= 0.6 is 0 Å². The molecule has 0 bridgehead atoms. The van der Waals surface area contributed by atoms with Gasteiger partial charge in [0.15, 0.2) is 0 Å². The maximum Gasteiger partial charge on any atom is 0.235 e. The van der Waals surface area contributed by atoms with Gasteiger partial charge in [0.2, 0.25) is 5.91 Å². The molecule has 1 aromatic carbocycles. The second-order valence-corrected chi connectivity index (χ2v) is 4.54. The second kappa shape index (κ2) is 4.91. The number of benzene rings is 1. The Balaban J connectivity index is 2.65. The van der Waals surface area contributed by atoms with Gasteiger partial charge < -0.3 is 4.90 Å². The highest BCUT2D eigenvalue weighted by molar-refractivity contribution is 7.85. The molecule has 0 saturated heterocycles. The Bertz CT molecular complexity index is 335. The molecule has 4 heteroatoms. The van der Waals surface area contributed by atoms with Crippen molar-refractivity contribution in [1.29, 1.82) is 0 Å². The molecule has 0 aromatic heterocycles. The molecule has 0 spiro atoms. The van der Waals surface area contributed by atoms with Crippen LogP contribution in [0.1, 0.15) is 0 Å². The van der Waals surface area contributed by atoms with Crippen LogP contribution in [0.2, 0.25) is 0 Å². The smallest absolute Gasteiger partial charge is 0.235 e. The molecule has 0 aliphatic heterocycles. The fourth-order valence-corrected chi connectivity index (χ4v) is 2.01. The highest BCUT2D eigenvalue weighted by atomic mass is 32.2. The van der Waals surface area contributed by atoms with Crippen molar-refractivity contribution in [1.82, 2.24) is 4.90 Å². The molecule has 1 amide bonds. The predicted octanol–water partition coefficient (Wildman–Crippen LogP) is 0.882. The first kappa shape index (κ1) is 10.9. The van der Waals surface area contributed by atoms with Gasteiger partial charge in [0.25, 0.3) is 0 Å². The van der Waals surface area contributed by atoms with Gasteiger partial charge in [0, 0.05) is 19.0 Å². The first-order valence-corrected chi connectivity index (χ1v) is 5.56. The Kier molecular flexibility index (Phi) is 3.83. The maximum absolute atomic E-state index is 11.6. The minimum atomic E-state index is -1.23. The van der Waals surface area contributed by atoms with E-state index in [0.717, 1.165) is 0 Å². The minimum absolute atomic E-state index is 0.0526. The van der Waals surface area contributed by atoms with Gasteiger partial charge in [0.05, 0.1) is 10.8 Å². The van der Waals surface area contributed by atoms with E-state index in [-0.39, 0.29) is 11.7 Å². The summed E-state index contributed by atoms with van der Waals surface area (Å²) >= 11 is 0. The zero-order chi connectivity index (χ0) is 10.6. The molecular weight excluding hydrogens is 198 g/mol. The van der Waals surface area contributed by atoms with Crippen LogP contribution in [0, 0.1) is 0 Å². The van der Waals surface area contributed by atoms with Crippen molar-refractivity contribution in [2.75, 3.05) is 19.8 Å². The zero-order valence-corrected chi connectivity index (χ0v) is 9.08. The van der Waals surface area contributed by atoms with E-state index in [1.807, 2.05) is 18.2 Å². The van der Waals surface area contributed by atoms with E-state index in [0.29, 0.717) is 4.90 Å². The lowest BCUT2D eigenvalue weighted by molar-refractivity contribution is -0.125. The third-order valence-corrected chi connectivity index (χ3v) is 3.07. The number of carbonyl (C=O) groups excluding carboxylic acids is 1. The predicted molar refractivity (Wildman–Crippen MR) is 56.4 cm³/mol. The largest absolute Gasteiger partial charge is 0.348 e. The van der Waals surface area contributed by atoms with Crippen LogP contribution in [0.15, 0.2) is 35.2 Å². The van der Waals surface area contributed by atoms with Crippen LogP contribution in [0.3, 0.4) is 0 Å². The van der Waals surface area contributed by atoms with E-state index in [1.165, 1.54) is 4.90 Å². The molecule has 0 radical (unpaired) electrons. The molecule has 0 N–H and O–H groups in total. The van der Waals surface area contributed by atoms with Crippen LogP contribution in [0.4, 0.5) is 0 Å². The number of nitrogens with zero attached hydrogens (tertiary/aromatic N) is 1. The summed E-state index contributed by atoms with van der Waals surface area (Å²) in [5.41, 5.74) is 0. The normalized spacial score (nSPS) is 12.1. The SMILES string of the molecule is CN(C)C(=O)CS(=O)c1ccccc1. The highest BCUT2D eigenvalue weighted by Gasteiger charge is 2.10. The highest BCUT2D eigenvalue weighted by Crippen LogP contribution is 2.05.